The Labute approximate surface area is 137 Å². The van der Waals surface area contributed by atoms with Gasteiger partial charge in [0, 0.05) is 31.4 Å². The number of H-pyrrole nitrogens is 1. The summed E-state index contributed by atoms with van der Waals surface area (Å²) in [6, 6.07) is 4.01. The van der Waals surface area contributed by atoms with Crippen molar-refractivity contribution in [2.45, 2.75) is 25.3 Å². The molecule has 0 saturated carbocycles. The van der Waals surface area contributed by atoms with E-state index < -0.39 is 0 Å². The van der Waals surface area contributed by atoms with E-state index in [4.69, 9.17) is 0 Å². The maximum atomic E-state index is 12.1. The van der Waals surface area contributed by atoms with Gasteiger partial charge in [0.15, 0.2) is 0 Å². The van der Waals surface area contributed by atoms with Crippen LogP contribution in [0.1, 0.15) is 30.3 Å². The predicted molar refractivity (Wildman–Crippen MR) is 90.7 cm³/mol. The molecule has 1 aliphatic rings. The minimum atomic E-state index is -0.0276. The van der Waals surface area contributed by atoms with E-state index in [1.165, 1.54) is 23.5 Å². The Morgan fingerprint density at radius 3 is 3.17 bits per heavy atom. The Bertz CT molecular complexity index is 880. The van der Waals surface area contributed by atoms with Crippen molar-refractivity contribution in [3.63, 3.8) is 0 Å². The number of likely N-dealkylation sites (tertiary alicyclic amines) is 1. The Balaban J connectivity index is 1.53. The van der Waals surface area contributed by atoms with Crippen LogP contribution in [0.2, 0.25) is 0 Å². The van der Waals surface area contributed by atoms with Gasteiger partial charge in [0.1, 0.15) is 10.5 Å². The smallest absolute Gasteiger partial charge is 0.268 e. The molecular formula is C16H19N5OS. The molecule has 0 bridgehead atoms. The number of piperidine rings is 1. The summed E-state index contributed by atoms with van der Waals surface area (Å²) in [6.45, 7) is 2.71. The van der Waals surface area contributed by atoms with Crippen LogP contribution < -0.4 is 5.56 Å². The molecule has 23 heavy (non-hydrogen) atoms. The highest BCUT2D eigenvalue weighted by molar-refractivity contribution is 7.17. The van der Waals surface area contributed by atoms with E-state index in [1.807, 2.05) is 29.4 Å². The lowest BCUT2D eigenvalue weighted by Crippen LogP contribution is -2.35. The first-order chi connectivity index (χ1) is 11.2. The van der Waals surface area contributed by atoms with Crippen LogP contribution in [0.4, 0.5) is 0 Å². The highest BCUT2D eigenvalue weighted by Gasteiger charge is 2.24. The van der Waals surface area contributed by atoms with Crippen LogP contribution in [0.3, 0.4) is 0 Å². The molecule has 1 atom stereocenters. The van der Waals surface area contributed by atoms with E-state index >= 15 is 0 Å². The molecular weight excluding hydrogens is 310 g/mol. The van der Waals surface area contributed by atoms with E-state index in [0.29, 0.717) is 17.2 Å². The fourth-order valence-corrected chi connectivity index (χ4v) is 4.16. The molecule has 1 unspecified atom stereocenters. The van der Waals surface area contributed by atoms with E-state index in [2.05, 4.69) is 26.0 Å². The zero-order valence-electron chi connectivity index (χ0n) is 13.0. The molecule has 1 saturated heterocycles. The lowest BCUT2D eigenvalue weighted by atomic mass is 9.94. The van der Waals surface area contributed by atoms with Gasteiger partial charge in [0.25, 0.3) is 5.56 Å². The van der Waals surface area contributed by atoms with Crippen LogP contribution in [-0.2, 0) is 13.6 Å². The molecule has 4 heterocycles. The molecule has 0 aliphatic carbocycles. The number of aryl methyl sites for hydroxylation is 1. The summed E-state index contributed by atoms with van der Waals surface area (Å²) in [5.41, 5.74) is 2.05. The summed E-state index contributed by atoms with van der Waals surface area (Å²) >= 11 is 1.44. The van der Waals surface area contributed by atoms with E-state index in [9.17, 15) is 4.79 Å². The zero-order valence-corrected chi connectivity index (χ0v) is 13.8. The third-order valence-corrected chi connectivity index (χ3v) is 5.42. The fraction of sp³-hybridized carbons (Fsp3) is 0.438. The van der Waals surface area contributed by atoms with Gasteiger partial charge in [-0.25, -0.2) is 4.98 Å². The topological polar surface area (TPSA) is 66.8 Å². The van der Waals surface area contributed by atoms with Gasteiger partial charge < -0.3 is 4.98 Å². The number of hydrogen-bond acceptors (Lipinski definition) is 5. The number of thiophene rings is 1. The van der Waals surface area contributed by atoms with Gasteiger partial charge >= 0.3 is 0 Å². The highest BCUT2D eigenvalue weighted by Crippen LogP contribution is 2.27. The molecule has 1 N–H and O–H groups in total. The second-order valence-corrected chi connectivity index (χ2v) is 7.02. The van der Waals surface area contributed by atoms with Crippen LogP contribution in [0.5, 0.6) is 0 Å². The van der Waals surface area contributed by atoms with Gasteiger partial charge in [-0.1, -0.05) is 0 Å². The minimum absolute atomic E-state index is 0.0276. The van der Waals surface area contributed by atoms with Crippen molar-refractivity contribution in [2.75, 3.05) is 13.1 Å². The summed E-state index contributed by atoms with van der Waals surface area (Å²) in [5, 5.41) is 6.19. The van der Waals surface area contributed by atoms with Crippen molar-refractivity contribution >= 4 is 21.6 Å². The van der Waals surface area contributed by atoms with Gasteiger partial charge in [-0.15, -0.1) is 11.3 Å². The number of hydrogen-bond donors (Lipinski definition) is 1. The Hall–Kier alpha value is -1.99. The van der Waals surface area contributed by atoms with Gasteiger partial charge in [-0.2, -0.15) is 5.10 Å². The number of aromatic amines is 1. The molecule has 1 aliphatic heterocycles. The molecule has 6 nitrogen and oxygen atoms in total. The molecule has 0 radical (unpaired) electrons. The number of rotatable bonds is 3. The van der Waals surface area contributed by atoms with Crippen molar-refractivity contribution in [1.82, 2.24) is 24.6 Å². The molecule has 0 amide bonds. The fourth-order valence-electron chi connectivity index (χ4n) is 3.43. The Morgan fingerprint density at radius 1 is 1.43 bits per heavy atom. The third kappa shape index (κ3) is 2.82. The van der Waals surface area contributed by atoms with E-state index in [-0.39, 0.29) is 5.56 Å². The minimum Gasteiger partial charge on any atom is -0.308 e. The lowest BCUT2D eigenvalue weighted by molar-refractivity contribution is 0.192. The maximum absolute atomic E-state index is 12.1. The summed E-state index contributed by atoms with van der Waals surface area (Å²) in [7, 11) is 2.00. The summed E-state index contributed by atoms with van der Waals surface area (Å²) in [6.07, 6.45) is 4.20. The second kappa shape index (κ2) is 5.90. The van der Waals surface area contributed by atoms with Crippen molar-refractivity contribution in [3.8, 4) is 0 Å². The molecule has 0 aromatic carbocycles. The normalized spacial score (nSPS) is 19.4. The first kappa shape index (κ1) is 14.6. The lowest BCUT2D eigenvalue weighted by Gasteiger charge is -2.32. The van der Waals surface area contributed by atoms with Crippen molar-refractivity contribution in [2.24, 2.45) is 7.05 Å². The number of fused-ring (bicyclic) bond motifs is 1. The quantitative estimate of drug-likeness (QED) is 0.799. The number of nitrogens with one attached hydrogen (secondary N) is 1. The molecule has 7 heteroatoms. The van der Waals surface area contributed by atoms with Crippen molar-refractivity contribution in [1.29, 1.82) is 0 Å². The third-order valence-electron chi connectivity index (χ3n) is 4.52. The molecule has 0 spiro atoms. The monoisotopic (exact) mass is 329 g/mol. The largest absolute Gasteiger partial charge is 0.308 e. The Kier molecular flexibility index (Phi) is 3.74. The van der Waals surface area contributed by atoms with Crippen LogP contribution in [0, 0.1) is 0 Å². The summed E-state index contributed by atoms with van der Waals surface area (Å²) < 4.78 is 2.67. The van der Waals surface area contributed by atoms with E-state index in [0.717, 1.165) is 30.9 Å². The molecule has 3 aromatic rings. The van der Waals surface area contributed by atoms with Crippen molar-refractivity contribution < 1.29 is 0 Å². The predicted octanol–water partition coefficient (Wildman–Crippen LogP) is 2.10. The van der Waals surface area contributed by atoms with Gasteiger partial charge in [0.2, 0.25) is 0 Å². The van der Waals surface area contributed by atoms with Gasteiger partial charge in [-0.3, -0.25) is 14.4 Å². The molecule has 3 aromatic heterocycles. The zero-order chi connectivity index (χ0) is 15.8. The number of nitrogens with zero attached hydrogens (tertiary/aromatic N) is 4. The molecule has 120 valence electrons. The van der Waals surface area contributed by atoms with E-state index in [1.54, 1.807) is 0 Å². The number of aromatic nitrogens is 4. The average Bonchev–Trinajstić information content (AvgIpc) is 3.16. The standard InChI is InChI=1S/C16H19N5OS/c1-20-13(4-6-17-20)11-3-2-7-21(9-11)10-14-18-12-5-8-23-15(12)16(22)19-14/h4-6,8,11H,2-3,7,9-10H2,1H3,(H,18,19,22). The summed E-state index contributed by atoms with van der Waals surface area (Å²) in [5.74, 6) is 1.25. The SMILES string of the molecule is Cn1nccc1C1CCCN(Cc2nc3ccsc3c(=O)[nH]2)C1. The van der Waals surface area contributed by atoms with Crippen LogP contribution in [-0.4, -0.2) is 37.7 Å². The average molecular weight is 329 g/mol. The van der Waals surface area contributed by atoms with Crippen LogP contribution in [0.25, 0.3) is 10.2 Å². The van der Waals surface area contributed by atoms with Gasteiger partial charge in [0.05, 0.1) is 12.1 Å². The Morgan fingerprint density at radius 2 is 2.35 bits per heavy atom. The molecule has 1 fully saturated rings. The first-order valence-corrected chi connectivity index (χ1v) is 8.75. The molecule has 4 rings (SSSR count). The highest BCUT2D eigenvalue weighted by atomic mass is 32.1. The van der Waals surface area contributed by atoms with Gasteiger partial charge in [-0.05, 0) is 36.9 Å². The second-order valence-electron chi connectivity index (χ2n) is 6.10. The van der Waals surface area contributed by atoms with Crippen LogP contribution in [0.15, 0.2) is 28.5 Å². The summed E-state index contributed by atoms with van der Waals surface area (Å²) in [4.78, 5) is 22.0. The van der Waals surface area contributed by atoms with Crippen molar-refractivity contribution in [3.05, 3.63) is 45.6 Å². The van der Waals surface area contributed by atoms with Crippen LogP contribution >= 0.6 is 11.3 Å². The first-order valence-electron chi connectivity index (χ1n) is 7.87. The maximum Gasteiger partial charge on any atom is 0.268 e.